The number of benzene rings is 2. The number of carboxylic acid groups (broad SMARTS) is 1. The summed E-state index contributed by atoms with van der Waals surface area (Å²) in [7, 11) is 0. The number of ether oxygens (including phenoxy) is 1. The Balaban J connectivity index is 2.00. The van der Waals surface area contributed by atoms with E-state index in [0.717, 1.165) is 23.3 Å². The van der Waals surface area contributed by atoms with Gasteiger partial charge in [-0.25, -0.2) is 4.79 Å². The molecule has 0 radical (unpaired) electrons. The van der Waals surface area contributed by atoms with Gasteiger partial charge < -0.3 is 15.2 Å². The van der Waals surface area contributed by atoms with Crippen molar-refractivity contribution in [1.29, 1.82) is 0 Å². The first-order chi connectivity index (χ1) is 13.9. The molecule has 1 amide bonds. The lowest BCUT2D eigenvalue weighted by atomic mass is 10.0. The van der Waals surface area contributed by atoms with Gasteiger partial charge in [-0.05, 0) is 48.9 Å². The third-order valence-electron chi connectivity index (χ3n) is 4.66. The fourth-order valence-electron chi connectivity index (χ4n) is 3.19. The van der Waals surface area contributed by atoms with Crippen molar-refractivity contribution in [2.75, 3.05) is 24.4 Å². The summed E-state index contributed by atoms with van der Waals surface area (Å²) < 4.78 is 5.76. The van der Waals surface area contributed by atoms with Crippen molar-refractivity contribution in [3.63, 3.8) is 0 Å². The highest BCUT2D eigenvalue weighted by molar-refractivity contribution is 8.16. The average molecular weight is 428 g/mol. The zero-order chi connectivity index (χ0) is 21.0. The van der Waals surface area contributed by atoms with Gasteiger partial charge in [-0.2, -0.15) is 0 Å². The fraction of sp³-hybridized carbons (Fsp3) is 0.273. The molecule has 7 heteroatoms. The number of rotatable bonds is 4. The number of fused-ring (bicyclic) bond motifs is 1. The van der Waals surface area contributed by atoms with E-state index in [0.29, 0.717) is 17.9 Å². The van der Waals surface area contributed by atoms with Crippen LogP contribution in [-0.4, -0.2) is 36.1 Å². The summed E-state index contributed by atoms with van der Waals surface area (Å²) in [6.07, 6.45) is 5.13. The Labute approximate surface area is 178 Å². The van der Waals surface area contributed by atoms with Crippen LogP contribution in [0.3, 0.4) is 0 Å². The number of carboxylic acids is 1. The average Bonchev–Trinajstić information content (AvgIpc) is 2.71. The molecule has 0 unspecified atom stereocenters. The number of nitrogens with one attached hydrogen (secondary N) is 1. The van der Waals surface area contributed by atoms with E-state index < -0.39 is 5.97 Å². The molecule has 1 aliphatic rings. The molecule has 3 rings (SSSR count). The van der Waals surface area contributed by atoms with Crippen molar-refractivity contribution in [3.8, 4) is 17.6 Å². The summed E-state index contributed by atoms with van der Waals surface area (Å²) in [6, 6.07) is 10.4. The topological polar surface area (TPSA) is 75.6 Å². The molecule has 0 aromatic heterocycles. The van der Waals surface area contributed by atoms with Crippen LogP contribution in [0.1, 0.15) is 40.4 Å². The minimum absolute atomic E-state index is 0.0598. The molecule has 2 aromatic rings. The summed E-state index contributed by atoms with van der Waals surface area (Å²) in [5, 5.41) is 11.8. The highest BCUT2D eigenvalue weighted by Gasteiger charge is 2.36. The van der Waals surface area contributed by atoms with Gasteiger partial charge in [0.05, 0.1) is 21.9 Å². The van der Waals surface area contributed by atoms with Crippen LogP contribution in [0.15, 0.2) is 36.4 Å². The van der Waals surface area contributed by atoms with Gasteiger partial charge in [-0.15, -0.1) is 23.5 Å². The Bertz CT molecular complexity index is 1020. The molecule has 29 heavy (non-hydrogen) atoms. The molecule has 0 saturated carbocycles. The minimum Gasteiger partial charge on any atom is -0.493 e. The molecule has 0 atom stereocenters. The molecule has 0 aliphatic carbocycles. The van der Waals surface area contributed by atoms with E-state index in [-0.39, 0.29) is 15.5 Å². The van der Waals surface area contributed by atoms with Crippen LogP contribution in [0, 0.1) is 11.8 Å². The van der Waals surface area contributed by atoms with Crippen molar-refractivity contribution in [3.05, 3.63) is 58.7 Å². The largest absolute Gasteiger partial charge is 0.493 e. The molecule has 150 valence electrons. The van der Waals surface area contributed by atoms with Gasteiger partial charge >= 0.3 is 5.97 Å². The van der Waals surface area contributed by atoms with E-state index in [4.69, 9.17) is 4.74 Å². The Kier molecular flexibility index (Phi) is 6.46. The number of hydrogen-bond donors (Lipinski definition) is 2. The van der Waals surface area contributed by atoms with E-state index in [1.807, 2.05) is 12.1 Å². The molecule has 0 fully saturated rings. The van der Waals surface area contributed by atoms with Crippen molar-refractivity contribution in [2.24, 2.45) is 0 Å². The molecule has 0 saturated heterocycles. The number of carbonyl (C=O) groups is 2. The van der Waals surface area contributed by atoms with Gasteiger partial charge in [0, 0.05) is 30.0 Å². The van der Waals surface area contributed by atoms with Crippen molar-refractivity contribution in [2.45, 2.75) is 17.4 Å². The number of anilines is 1. The second-order valence-corrected chi connectivity index (χ2v) is 8.94. The smallest absolute Gasteiger partial charge is 0.335 e. The van der Waals surface area contributed by atoms with Gasteiger partial charge in [0.15, 0.2) is 0 Å². The number of hydrogen-bond acceptors (Lipinski definition) is 5. The van der Waals surface area contributed by atoms with Gasteiger partial charge in [0.25, 0.3) is 0 Å². The Morgan fingerprint density at radius 3 is 2.55 bits per heavy atom. The maximum Gasteiger partial charge on any atom is 0.335 e. The minimum atomic E-state index is -1.06. The Morgan fingerprint density at radius 2 is 1.90 bits per heavy atom. The third kappa shape index (κ3) is 4.55. The molecule has 0 bridgehead atoms. The van der Waals surface area contributed by atoms with Gasteiger partial charge in [0.1, 0.15) is 5.75 Å². The van der Waals surface area contributed by atoms with Crippen molar-refractivity contribution in [1.82, 2.24) is 0 Å². The molecule has 2 N–H and O–H groups in total. The summed E-state index contributed by atoms with van der Waals surface area (Å²) in [5.41, 5.74) is 2.99. The second-order valence-electron chi connectivity index (χ2n) is 6.47. The van der Waals surface area contributed by atoms with Gasteiger partial charge in [-0.3, -0.25) is 4.79 Å². The molecule has 5 nitrogen and oxygen atoms in total. The Hall–Kier alpha value is -2.56. The molecule has 2 aromatic carbocycles. The molecule has 0 spiro atoms. The van der Waals surface area contributed by atoms with E-state index in [9.17, 15) is 14.7 Å². The maximum atomic E-state index is 11.5. The monoisotopic (exact) mass is 427 g/mol. The lowest BCUT2D eigenvalue weighted by molar-refractivity contribution is -0.114. The van der Waals surface area contributed by atoms with Crippen LogP contribution in [0.2, 0.25) is 0 Å². The first kappa shape index (κ1) is 21.2. The molecular formula is C22H21NO4S2. The van der Waals surface area contributed by atoms with E-state index >= 15 is 0 Å². The van der Waals surface area contributed by atoms with E-state index in [1.54, 1.807) is 29.6 Å². The van der Waals surface area contributed by atoms with Gasteiger partial charge in [-0.1, -0.05) is 11.8 Å². The zero-order valence-corrected chi connectivity index (χ0v) is 18.0. The lowest BCUT2D eigenvalue weighted by Crippen LogP contribution is -2.26. The van der Waals surface area contributed by atoms with E-state index in [1.165, 1.54) is 19.1 Å². The van der Waals surface area contributed by atoms with Crippen molar-refractivity contribution < 1.29 is 19.4 Å². The number of aromatic carboxylic acids is 1. The number of amides is 1. The summed E-state index contributed by atoms with van der Waals surface area (Å²) in [6.45, 7) is 2.06. The van der Waals surface area contributed by atoms with Crippen LogP contribution >= 0.6 is 23.5 Å². The summed E-state index contributed by atoms with van der Waals surface area (Å²) >= 11 is 3.61. The third-order valence-corrected chi connectivity index (χ3v) is 7.82. The lowest BCUT2D eigenvalue weighted by Gasteiger charge is -2.36. The first-order valence-electron chi connectivity index (χ1n) is 8.93. The highest BCUT2D eigenvalue weighted by atomic mass is 32.2. The summed E-state index contributed by atoms with van der Waals surface area (Å²) in [4.78, 5) is 22.7. The Morgan fingerprint density at radius 1 is 1.14 bits per heavy atom. The molecule has 1 aliphatic heterocycles. The predicted molar refractivity (Wildman–Crippen MR) is 119 cm³/mol. The number of carbonyl (C=O) groups excluding carboxylic acids is 1. The van der Waals surface area contributed by atoms with Crippen LogP contribution in [-0.2, 0) is 8.87 Å². The quantitative estimate of drug-likeness (QED) is 0.556. The molecule has 1 heterocycles. The van der Waals surface area contributed by atoms with Crippen LogP contribution in [0.25, 0.3) is 0 Å². The molecular weight excluding hydrogens is 406 g/mol. The maximum absolute atomic E-state index is 11.5. The second kappa shape index (κ2) is 8.85. The fourth-order valence-corrected chi connectivity index (χ4v) is 5.19. The zero-order valence-electron chi connectivity index (χ0n) is 16.4. The van der Waals surface area contributed by atoms with E-state index in [2.05, 4.69) is 35.7 Å². The van der Waals surface area contributed by atoms with Gasteiger partial charge in [0.2, 0.25) is 5.91 Å². The first-order valence-corrected chi connectivity index (χ1v) is 11.4. The highest BCUT2D eigenvalue weighted by Crippen LogP contribution is 2.52. The SMILES string of the molecule is CSC1(SC)CCOc2ccc(C#Cc3ccc(C(=O)O)cc3NC(C)=O)cc21. The van der Waals surface area contributed by atoms with Crippen LogP contribution < -0.4 is 10.1 Å². The van der Waals surface area contributed by atoms with Crippen LogP contribution in [0.5, 0.6) is 5.75 Å². The van der Waals surface area contributed by atoms with Crippen molar-refractivity contribution >= 4 is 41.1 Å². The normalized spacial score (nSPS) is 14.0. The predicted octanol–water partition coefficient (Wildman–Crippen LogP) is 4.40. The standard InChI is InChI=1S/C22H21NO4S2/c1-14(24)23-19-13-17(21(25)26)8-7-16(19)6-4-15-5-9-20-18(12-15)22(28-2,29-3)10-11-27-20/h5,7-9,12-13H,10-11H2,1-3H3,(H,23,24)(H,25,26). The summed E-state index contributed by atoms with van der Waals surface area (Å²) in [5.74, 6) is 5.74. The van der Waals surface area contributed by atoms with Crippen LogP contribution in [0.4, 0.5) is 5.69 Å². The number of thioether (sulfide) groups is 2.